The van der Waals surface area contributed by atoms with Gasteiger partial charge in [0.15, 0.2) is 0 Å². The largest absolute Gasteiger partial charge is 0.444 e. The number of amides is 2. The molecule has 2 rings (SSSR count). The summed E-state index contributed by atoms with van der Waals surface area (Å²) < 4.78 is 19.2. The first-order valence-corrected chi connectivity index (χ1v) is 9.35. The van der Waals surface area contributed by atoms with Crippen molar-refractivity contribution in [2.24, 2.45) is 0 Å². The summed E-state index contributed by atoms with van der Waals surface area (Å²) in [6.45, 7) is 6.31. The van der Waals surface area contributed by atoms with Crippen molar-refractivity contribution in [2.45, 2.75) is 38.8 Å². The first-order valence-electron chi connectivity index (χ1n) is 7.89. The summed E-state index contributed by atoms with van der Waals surface area (Å²) in [4.78, 5) is 28.0. The zero-order valence-electron chi connectivity index (χ0n) is 14.6. The predicted octanol–water partition coefficient (Wildman–Crippen LogP) is 4.17. The molecule has 138 valence electrons. The van der Waals surface area contributed by atoms with Crippen molar-refractivity contribution in [2.75, 3.05) is 20.1 Å². The third kappa shape index (κ3) is 4.97. The molecule has 1 aliphatic heterocycles. The van der Waals surface area contributed by atoms with E-state index in [4.69, 9.17) is 16.3 Å². The molecule has 1 aromatic carbocycles. The first kappa shape index (κ1) is 20.2. The molecule has 0 radical (unpaired) electrons. The second-order valence-electron chi connectivity index (χ2n) is 7.03. The fourth-order valence-corrected chi connectivity index (χ4v) is 3.28. The average Bonchev–Trinajstić information content (AvgIpc) is 2.97. The molecule has 0 bridgehead atoms. The van der Waals surface area contributed by atoms with Crippen LogP contribution in [0.2, 0.25) is 5.02 Å². The molecule has 1 saturated heterocycles. The minimum absolute atomic E-state index is 0.0897. The maximum atomic E-state index is 13.5. The van der Waals surface area contributed by atoms with Crippen LogP contribution in [0.4, 0.5) is 9.18 Å². The predicted molar refractivity (Wildman–Crippen MR) is 102 cm³/mol. The number of ether oxygens (including phenoxy) is 1. The highest BCUT2D eigenvalue weighted by atomic mass is 127. The highest BCUT2D eigenvalue weighted by Crippen LogP contribution is 2.26. The molecule has 1 heterocycles. The second kappa shape index (κ2) is 7.65. The number of likely N-dealkylation sites (N-methyl/N-ethyl adjacent to an activating group) is 1. The van der Waals surface area contributed by atoms with Crippen molar-refractivity contribution in [1.29, 1.82) is 0 Å². The summed E-state index contributed by atoms with van der Waals surface area (Å²) in [5, 5.41) is 0.0897. The van der Waals surface area contributed by atoms with Crippen molar-refractivity contribution >= 4 is 46.2 Å². The quantitative estimate of drug-likeness (QED) is 0.470. The molecule has 5 nitrogen and oxygen atoms in total. The molecule has 1 atom stereocenters. The number of benzene rings is 1. The van der Waals surface area contributed by atoms with E-state index in [0.29, 0.717) is 23.1 Å². The highest BCUT2D eigenvalue weighted by Gasteiger charge is 2.34. The third-order valence-electron chi connectivity index (χ3n) is 3.92. The Morgan fingerprint density at radius 2 is 2.04 bits per heavy atom. The van der Waals surface area contributed by atoms with E-state index in [-0.39, 0.29) is 22.5 Å². The SMILES string of the molecule is CN(C(=O)OC(C)(C)C)C1CCN(C(=O)c2cc(I)c(F)cc2Cl)C1. The third-order valence-corrected chi connectivity index (χ3v) is 5.06. The molecular formula is C17H21ClFIN2O3. The van der Waals surface area contributed by atoms with E-state index in [1.807, 2.05) is 22.6 Å². The van der Waals surface area contributed by atoms with Gasteiger partial charge in [-0.05, 0) is 61.9 Å². The molecule has 1 aliphatic rings. The minimum Gasteiger partial charge on any atom is -0.444 e. The van der Waals surface area contributed by atoms with Crippen molar-refractivity contribution in [3.63, 3.8) is 0 Å². The summed E-state index contributed by atoms with van der Waals surface area (Å²) >= 11 is 7.85. The number of hydrogen-bond acceptors (Lipinski definition) is 3. The van der Waals surface area contributed by atoms with E-state index in [1.165, 1.54) is 11.0 Å². The van der Waals surface area contributed by atoms with Crippen LogP contribution in [0.3, 0.4) is 0 Å². The Labute approximate surface area is 165 Å². The van der Waals surface area contributed by atoms with Crippen LogP contribution in [-0.2, 0) is 4.74 Å². The van der Waals surface area contributed by atoms with Crippen LogP contribution >= 0.6 is 34.2 Å². The Hall–Kier alpha value is -1.09. The normalized spacial score (nSPS) is 17.6. The van der Waals surface area contributed by atoms with Crippen LogP contribution in [0.15, 0.2) is 12.1 Å². The topological polar surface area (TPSA) is 49.9 Å². The van der Waals surface area contributed by atoms with Gasteiger partial charge in [0, 0.05) is 23.7 Å². The molecule has 2 amide bonds. The Bertz CT molecular complexity index is 693. The summed E-state index contributed by atoms with van der Waals surface area (Å²) in [5.74, 6) is -0.714. The zero-order valence-corrected chi connectivity index (χ0v) is 17.5. The van der Waals surface area contributed by atoms with Crippen LogP contribution in [0.1, 0.15) is 37.6 Å². The van der Waals surface area contributed by atoms with Crippen LogP contribution in [-0.4, -0.2) is 53.6 Å². The Morgan fingerprint density at radius 3 is 2.64 bits per heavy atom. The van der Waals surface area contributed by atoms with Gasteiger partial charge in [0.2, 0.25) is 0 Å². The summed E-state index contributed by atoms with van der Waals surface area (Å²) in [6.07, 6.45) is 0.235. The molecule has 0 aromatic heterocycles. The number of carbonyl (C=O) groups excluding carboxylic acids is 2. The van der Waals surface area contributed by atoms with E-state index in [1.54, 1.807) is 32.7 Å². The smallest absolute Gasteiger partial charge is 0.410 e. The lowest BCUT2D eigenvalue weighted by Gasteiger charge is -2.28. The number of nitrogens with zero attached hydrogens (tertiary/aromatic N) is 2. The number of likely N-dealkylation sites (tertiary alicyclic amines) is 1. The summed E-state index contributed by atoms with van der Waals surface area (Å²) in [7, 11) is 1.67. The lowest BCUT2D eigenvalue weighted by atomic mass is 10.2. The number of rotatable bonds is 2. The van der Waals surface area contributed by atoms with E-state index < -0.39 is 17.5 Å². The monoisotopic (exact) mass is 482 g/mol. The van der Waals surface area contributed by atoms with Crippen molar-refractivity contribution in [3.8, 4) is 0 Å². The van der Waals surface area contributed by atoms with Gasteiger partial charge in [-0.1, -0.05) is 11.6 Å². The Balaban J connectivity index is 2.06. The van der Waals surface area contributed by atoms with Gasteiger partial charge in [-0.15, -0.1) is 0 Å². The lowest BCUT2D eigenvalue weighted by Crippen LogP contribution is -2.42. The molecule has 0 spiro atoms. The molecule has 1 aromatic rings. The van der Waals surface area contributed by atoms with E-state index >= 15 is 0 Å². The van der Waals surface area contributed by atoms with Gasteiger partial charge < -0.3 is 14.5 Å². The molecule has 0 saturated carbocycles. The van der Waals surface area contributed by atoms with Crippen LogP contribution < -0.4 is 0 Å². The van der Waals surface area contributed by atoms with E-state index in [2.05, 4.69) is 0 Å². The lowest BCUT2D eigenvalue weighted by molar-refractivity contribution is 0.0226. The first-order chi connectivity index (χ1) is 11.5. The Morgan fingerprint density at radius 1 is 1.40 bits per heavy atom. The van der Waals surface area contributed by atoms with E-state index in [0.717, 1.165) is 6.07 Å². The molecule has 0 aliphatic carbocycles. The van der Waals surface area contributed by atoms with Gasteiger partial charge in [0.05, 0.1) is 16.6 Å². The molecule has 1 unspecified atom stereocenters. The molecule has 25 heavy (non-hydrogen) atoms. The molecule has 8 heteroatoms. The number of hydrogen-bond donors (Lipinski definition) is 0. The van der Waals surface area contributed by atoms with Gasteiger partial charge in [-0.25, -0.2) is 9.18 Å². The standard InChI is InChI=1S/C17H21ClFIN2O3/c1-17(2,3)25-16(24)21(4)10-5-6-22(9-10)15(23)11-7-14(20)13(19)8-12(11)18/h7-8,10H,5-6,9H2,1-4H3. The van der Waals surface area contributed by atoms with Gasteiger partial charge in [0.25, 0.3) is 5.91 Å². The molecule has 0 N–H and O–H groups in total. The fraction of sp³-hybridized carbons (Fsp3) is 0.529. The maximum absolute atomic E-state index is 13.5. The summed E-state index contributed by atoms with van der Waals surface area (Å²) in [5.41, 5.74) is -0.300. The Kier molecular flexibility index (Phi) is 6.19. The van der Waals surface area contributed by atoms with Crippen molar-refractivity contribution in [3.05, 3.63) is 32.1 Å². The van der Waals surface area contributed by atoms with Gasteiger partial charge >= 0.3 is 6.09 Å². The minimum atomic E-state index is -0.572. The van der Waals surface area contributed by atoms with Crippen molar-refractivity contribution < 1.29 is 18.7 Å². The van der Waals surface area contributed by atoms with Gasteiger partial charge in [0.1, 0.15) is 11.4 Å². The zero-order chi connectivity index (χ0) is 18.9. The van der Waals surface area contributed by atoms with E-state index in [9.17, 15) is 14.0 Å². The highest BCUT2D eigenvalue weighted by molar-refractivity contribution is 14.1. The van der Waals surface area contributed by atoms with Crippen LogP contribution in [0.5, 0.6) is 0 Å². The molecular weight excluding hydrogens is 462 g/mol. The second-order valence-corrected chi connectivity index (χ2v) is 8.60. The summed E-state index contributed by atoms with van der Waals surface area (Å²) in [6, 6.07) is 2.47. The molecule has 1 fully saturated rings. The van der Waals surface area contributed by atoms with Crippen LogP contribution in [0, 0.1) is 9.39 Å². The number of carbonyl (C=O) groups is 2. The average molecular weight is 483 g/mol. The van der Waals surface area contributed by atoms with Crippen molar-refractivity contribution in [1.82, 2.24) is 9.80 Å². The fourth-order valence-electron chi connectivity index (χ4n) is 2.58. The maximum Gasteiger partial charge on any atom is 0.410 e. The number of halogens is 3. The van der Waals surface area contributed by atoms with Crippen LogP contribution in [0.25, 0.3) is 0 Å². The van der Waals surface area contributed by atoms with Gasteiger partial charge in [-0.2, -0.15) is 0 Å². The van der Waals surface area contributed by atoms with Gasteiger partial charge in [-0.3, -0.25) is 4.79 Å².